The molecule has 12 heteroatoms. The van der Waals surface area contributed by atoms with Crippen LogP contribution >= 0.6 is 10.7 Å². The second-order valence-electron chi connectivity index (χ2n) is 5.07. The summed E-state index contributed by atoms with van der Waals surface area (Å²) in [6.45, 7) is 0. The molecule has 1 heterocycles. The van der Waals surface area contributed by atoms with Gasteiger partial charge in [0.2, 0.25) is 45.1 Å². The predicted octanol–water partition coefficient (Wildman–Crippen LogP) is 4.22. The number of H-pyrrole nitrogens is 2. The number of nitrogens with zero attached hydrogens (tertiary/aromatic N) is 1. The fraction of sp³-hybridized carbons (Fsp3) is 0.0667. The molecule has 0 bridgehead atoms. The summed E-state index contributed by atoms with van der Waals surface area (Å²) in [5, 5.41) is 3.68. The monoisotopic (exact) mass is 407 g/mol. The minimum absolute atomic E-state index is 0.335. The first-order valence-corrected chi connectivity index (χ1v) is 8.46. The van der Waals surface area contributed by atoms with E-state index in [0.717, 1.165) is 4.91 Å². The Bertz CT molecular complexity index is 991. The van der Waals surface area contributed by atoms with Gasteiger partial charge in [-0.05, 0) is 12.1 Å². The Morgan fingerprint density at radius 3 is 2.04 bits per heavy atom. The summed E-state index contributed by atoms with van der Waals surface area (Å²) < 4.78 is 80.0. The highest BCUT2D eigenvalue weighted by atomic mass is 32.2. The standard InChI is InChI=1S/C15H12F5N4O2S/c1-25-7-2-4-8(5-3-7)27-6-9(22-24(21)23-27)26-15-13(19)11(17)10(16)12(18)14(15)20/h2-6,22-23H,21H2,1H3/q+1. The number of aromatic amines is 2. The molecule has 0 spiro atoms. The molecule has 3 rings (SSSR count). The van der Waals surface area contributed by atoms with E-state index in [-0.39, 0.29) is 5.88 Å². The summed E-state index contributed by atoms with van der Waals surface area (Å²) in [5.74, 6) is -6.28. The lowest BCUT2D eigenvalue weighted by Gasteiger charge is -2.10. The number of ether oxygens (including phenoxy) is 2. The maximum absolute atomic E-state index is 13.8. The van der Waals surface area contributed by atoms with Crippen LogP contribution in [0, 0.1) is 29.1 Å². The Kier molecular flexibility index (Phi) is 4.99. The minimum Gasteiger partial charge on any atom is -0.497 e. The number of benzene rings is 2. The lowest BCUT2D eigenvalue weighted by molar-refractivity contribution is 0.324. The van der Waals surface area contributed by atoms with Crippen molar-refractivity contribution in [2.45, 2.75) is 0 Å². The molecule has 0 aliphatic heterocycles. The van der Waals surface area contributed by atoms with Gasteiger partial charge >= 0.3 is 0 Å². The summed E-state index contributed by atoms with van der Waals surface area (Å²) >= 11 is 0. The second kappa shape index (κ2) is 7.23. The number of halogens is 5. The fourth-order valence-corrected chi connectivity index (χ4v) is 3.38. The lowest BCUT2D eigenvalue weighted by Crippen LogP contribution is -2.17. The number of rotatable bonds is 4. The molecule has 4 N–H and O–H groups in total. The fourth-order valence-electron chi connectivity index (χ4n) is 2.08. The maximum atomic E-state index is 13.8. The molecule has 27 heavy (non-hydrogen) atoms. The molecule has 144 valence electrons. The van der Waals surface area contributed by atoms with Crippen LogP contribution in [0.4, 0.5) is 22.0 Å². The Labute approximate surface area is 151 Å². The number of nitrogen functional groups attached to an aromatic ring is 1. The van der Waals surface area contributed by atoms with E-state index in [1.54, 1.807) is 24.3 Å². The summed E-state index contributed by atoms with van der Waals surface area (Å²) in [6.07, 6.45) is 0. The van der Waals surface area contributed by atoms with Crippen LogP contribution < -0.4 is 15.3 Å². The normalized spacial score (nSPS) is 11.4. The number of nitrogens with one attached hydrogen (secondary N) is 2. The van der Waals surface area contributed by atoms with Crippen LogP contribution in [0.1, 0.15) is 0 Å². The first-order valence-electron chi connectivity index (χ1n) is 7.17. The first-order chi connectivity index (χ1) is 12.8. The summed E-state index contributed by atoms with van der Waals surface area (Å²) in [5.41, 5.74) is 0. The number of aromatic nitrogens is 3. The van der Waals surface area contributed by atoms with Gasteiger partial charge in [0.1, 0.15) is 16.4 Å². The third-order valence-corrected chi connectivity index (χ3v) is 4.97. The largest absolute Gasteiger partial charge is 0.497 e. The van der Waals surface area contributed by atoms with Crippen molar-refractivity contribution < 1.29 is 31.4 Å². The van der Waals surface area contributed by atoms with Gasteiger partial charge in [-0.1, -0.05) is 9.39 Å². The number of methoxy groups -OCH3 is 1. The van der Waals surface area contributed by atoms with Gasteiger partial charge in [-0.2, -0.15) is 8.78 Å². The SMILES string of the molecule is COc1ccc(-[s+]2cc(Oc3c(F)c(F)c(F)c(F)c3F)[nH]n(N)[nH]2)cc1. The highest BCUT2D eigenvalue weighted by molar-refractivity contribution is 7.33. The molecule has 2 aromatic carbocycles. The van der Waals surface area contributed by atoms with Crippen molar-refractivity contribution >= 4 is 10.7 Å². The van der Waals surface area contributed by atoms with Crippen molar-refractivity contribution in [1.29, 1.82) is 0 Å². The van der Waals surface area contributed by atoms with Crippen molar-refractivity contribution in [3.63, 3.8) is 0 Å². The van der Waals surface area contributed by atoms with E-state index >= 15 is 0 Å². The van der Waals surface area contributed by atoms with Crippen molar-refractivity contribution in [3.8, 4) is 22.3 Å². The number of nitrogens with two attached hydrogens (primary N) is 1. The van der Waals surface area contributed by atoms with Crippen LogP contribution in [-0.4, -0.2) is 21.6 Å². The summed E-state index contributed by atoms with van der Waals surface area (Å²) in [4.78, 5) is 1.51. The molecule has 0 radical (unpaired) electrons. The van der Waals surface area contributed by atoms with Crippen LogP contribution in [0.2, 0.25) is 0 Å². The summed E-state index contributed by atoms with van der Waals surface area (Å²) in [7, 11) is 0.557. The van der Waals surface area contributed by atoms with Crippen LogP contribution in [0.5, 0.6) is 17.4 Å². The molecule has 1 aromatic heterocycles. The third kappa shape index (κ3) is 3.56. The van der Waals surface area contributed by atoms with E-state index in [4.69, 9.17) is 15.3 Å². The highest BCUT2D eigenvalue weighted by Crippen LogP contribution is 2.35. The minimum atomic E-state index is -2.27. The van der Waals surface area contributed by atoms with E-state index in [0.29, 0.717) is 10.6 Å². The third-order valence-electron chi connectivity index (χ3n) is 3.35. The van der Waals surface area contributed by atoms with E-state index in [9.17, 15) is 22.0 Å². The Morgan fingerprint density at radius 2 is 1.48 bits per heavy atom. The summed E-state index contributed by atoms with van der Waals surface area (Å²) in [6, 6.07) is 6.73. The topological polar surface area (TPSA) is 81.0 Å². The van der Waals surface area contributed by atoms with Gasteiger partial charge in [0.25, 0.3) is 5.88 Å². The van der Waals surface area contributed by atoms with E-state index in [1.807, 2.05) is 0 Å². The molecule has 3 aromatic rings. The molecule has 1 atom stereocenters. The Morgan fingerprint density at radius 1 is 0.926 bits per heavy atom. The smallest absolute Gasteiger partial charge is 0.271 e. The lowest BCUT2D eigenvalue weighted by atomic mass is 10.2. The van der Waals surface area contributed by atoms with Gasteiger partial charge in [0.05, 0.1) is 7.11 Å². The van der Waals surface area contributed by atoms with Gasteiger partial charge in [0.15, 0.2) is 0 Å². The van der Waals surface area contributed by atoms with Crippen LogP contribution in [0.25, 0.3) is 4.90 Å². The van der Waals surface area contributed by atoms with E-state index in [1.165, 1.54) is 12.5 Å². The van der Waals surface area contributed by atoms with Crippen molar-refractivity contribution in [3.05, 3.63) is 58.7 Å². The Balaban J connectivity index is 2.03. The zero-order valence-corrected chi connectivity index (χ0v) is 14.3. The number of hydrogen-bond donors (Lipinski definition) is 3. The van der Waals surface area contributed by atoms with Crippen LogP contribution in [-0.2, 0) is 0 Å². The van der Waals surface area contributed by atoms with Crippen LogP contribution in [0.15, 0.2) is 29.6 Å². The zero-order chi connectivity index (χ0) is 19.7. The Hall–Kier alpha value is -3.15. The van der Waals surface area contributed by atoms with E-state index < -0.39 is 45.5 Å². The molecule has 0 amide bonds. The zero-order valence-electron chi connectivity index (χ0n) is 13.5. The maximum Gasteiger partial charge on any atom is 0.271 e. The van der Waals surface area contributed by atoms with Gasteiger partial charge < -0.3 is 15.3 Å². The van der Waals surface area contributed by atoms with Crippen molar-refractivity contribution in [1.82, 2.24) is 14.5 Å². The molecular weight excluding hydrogens is 395 g/mol. The highest BCUT2D eigenvalue weighted by Gasteiger charge is 2.28. The predicted molar refractivity (Wildman–Crippen MR) is 87.6 cm³/mol. The van der Waals surface area contributed by atoms with E-state index in [2.05, 4.69) is 9.59 Å². The molecule has 0 aliphatic carbocycles. The second-order valence-corrected chi connectivity index (χ2v) is 6.63. The molecule has 1 unspecified atom stereocenters. The van der Waals surface area contributed by atoms with Gasteiger partial charge in [-0.25, -0.2) is 18.3 Å². The molecule has 6 nitrogen and oxygen atoms in total. The molecule has 0 aliphatic rings. The molecule has 0 saturated carbocycles. The molecule has 0 fully saturated rings. The van der Waals surface area contributed by atoms with Gasteiger partial charge in [-0.3, -0.25) is 0 Å². The average molecular weight is 407 g/mol. The van der Waals surface area contributed by atoms with Crippen molar-refractivity contribution in [2.75, 3.05) is 13.0 Å². The van der Waals surface area contributed by atoms with Gasteiger partial charge in [-0.15, -0.1) is 0 Å². The van der Waals surface area contributed by atoms with Gasteiger partial charge in [0, 0.05) is 12.1 Å². The van der Waals surface area contributed by atoms with Crippen molar-refractivity contribution in [2.24, 2.45) is 0 Å². The molecular formula is C15H12F5N4O2S+. The number of hydrogen-bond acceptors (Lipinski definition) is 3. The average Bonchev–Trinajstić information content (AvgIpc) is 2.68. The molecule has 0 saturated heterocycles. The van der Waals surface area contributed by atoms with Crippen LogP contribution in [0.3, 0.4) is 0 Å². The quantitative estimate of drug-likeness (QED) is 0.199. The first kappa shape index (κ1) is 18.6.